The Morgan fingerprint density at radius 3 is 2.48 bits per heavy atom. The van der Waals surface area contributed by atoms with E-state index < -0.39 is 0 Å². The van der Waals surface area contributed by atoms with Gasteiger partial charge in [-0.05, 0) is 41.8 Å². The number of benzene rings is 2. The van der Waals surface area contributed by atoms with Gasteiger partial charge in [0.05, 0.1) is 13.2 Å². The fraction of sp³-hybridized carbons (Fsp3) is 0.333. The first-order valence-electron chi connectivity index (χ1n) is 7.35. The Balaban J connectivity index is 2.48. The number of hydrogen-bond donors (Lipinski definition) is 1. The lowest BCUT2D eigenvalue weighted by molar-refractivity contribution is 0.414. The van der Waals surface area contributed by atoms with Crippen molar-refractivity contribution in [3.05, 3.63) is 64.2 Å². The van der Waals surface area contributed by atoms with Crippen LogP contribution in [0.3, 0.4) is 0 Å². The van der Waals surface area contributed by atoms with E-state index in [9.17, 15) is 0 Å². The quantitative estimate of drug-likeness (QED) is 0.841. The molecule has 21 heavy (non-hydrogen) atoms. The zero-order valence-corrected chi connectivity index (χ0v) is 13.6. The van der Waals surface area contributed by atoms with Gasteiger partial charge in [-0.2, -0.15) is 0 Å². The molecule has 0 fully saturated rings. The monoisotopic (exact) mass is 303 g/mol. The van der Waals surface area contributed by atoms with Crippen molar-refractivity contribution < 1.29 is 4.74 Å². The number of hydrogen-bond acceptors (Lipinski definition) is 2. The molecule has 0 saturated heterocycles. The highest BCUT2D eigenvalue weighted by atomic mass is 35.5. The topological polar surface area (TPSA) is 21.3 Å². The summed E-state index contributed by atoms with van der Waals surface area (Å²) in [5.74, 6) is 0.780. The minimum atomic E-state index is 0.101. The van der Waals surface area contributed by atoms with E-state index in [2.05, 4.69) is 43.4 Å². The highest BCUT2D eigenvalue weighted by molar-refractivity contribution is 6.31. The van der Waals surface area contributed by atoms with E-state index in [0.717, 1.165) is 29.3 Å². The Kier molecular flexibility index (Phi) is 5.66. The van der Waals surface area contributed by atoms with Gasteiger partial charge >= 0.3 is 0 Å². The lowest BCUT2D eigenvalue weighted by Gasteiger charge is -2.23. The van der Waals surface area contributed by atoms with Crippen LogP contribution in [-0.2, 0) is 6.42 Å². The van der Waals surface area contributed by atoms with Crippen LogP contribution in [0.4, 0.5) is 0 Å². The molecule has 0 spiro atoms. The first-order chi connectivity index (χ1) is 10.2. The van der Waals surface area contributed by atoms with Gasteiger partial charge in [0.1, 0.15) is 5.75 Å². The maximum absolute atomic E-state index is 6.46. The standard InChI is InChI=1S/C18H22ClNO/c1-4-13-8-6-7-9-15(13)18(20-5-2)16-11-10-14(21-3)12-17(16)19/h6-12,18,20H,4-5H2,1-3H3. The molecule has 3 heteroatoms. The van der Waals surface area contributed by atoms with Crippen molar-refractivity contribution in [3.8, 4) is 5.75 Å². The molecule has 0 aliphatic heterocycles. The molecule has 1 unspecified atom stereocenters. The molecular weight excluding hydrogens is 282 g/mol. The molecule has 2 aromatic rings. The second-order valence-electron chi connectivity index (χ2n) is 4.93. The molecule has 2 aromatic carbocycles. The van der Waals surface area contributed by atoms with Crippen LogP contribution in [0, 0.1) is 0 Å². The molecule has 0 radical (unpaired) electrons. The molecule has 0 aliphatic carbocycles. The minimum absolute atomic E-state index is 0.101. The van der Waals surface area contributed by atoms with Crippen LogP contribution in [0.2, 0.25) is 5.02 Å². The molecule has 0 heterocycles. The first-order valence-corrected chi connectivity index (χ1v) is 7.73. The summed E-state index contributed by atoms with van der Waals surface area (Å²) in [4.78, 5) is 0. The average molecular weight is 304 g/mol. The molecule has 1 atom stereocenters. The normalized spacial score (nSPS) is 12.2. The van der Waals surface area contributed by atoms with Crippen molar-refractivity contribution in [2.24, 2.45) is 0 Å². The van der Waals surface area contributed by atoms with Crippen LogP contribution in [0.5, 0.6) is 5.75 Å². The maximum Gasteiger partial charge on any atom is 0.120 e. The van der Waals surface area contributed by atoms with E-state index in [1.54, 1.807) is 7.11 Å². The molecular formula is C18H22ClNO. The van der Waals surface area contributed by atoms with Crippen LogP contribution in [-0.4, -0.2) is 13.7 Å². The van der Waals surface area contributed by atoms with Crippen LogP contribution in [0.25, 0.3) is 0 Å². The van der Waals surface area contributed by atoms with Gasteiger partial charge in [0.2, 0.25) is 0 Å². The molecule has 1 N–H and O–H groups in total. The number of methoxy groups -OCH3 is 1. The van der Waals surface area contributed by atoms with Gasteiger partial charge in [0.15, 0.2) is 0 Å². The molecule has 0 aliphatic rings. The van der Waals surface area contributed by atoms with Crippen LogP contribution in [0.1, 0.15) is 36.6 Å². The summed E-state index contributed by atoms with van der Waals surface area (Å²) >= 11 is 6.46. The van der Waals surface area contributed by atoms with E-state index in [0.29, 0.717) is 0 Å². The smallest absolute Gasteiger partial charge is 0.120 e. The molecule has 0 amide bonds. The van der Waals surface area contributed by atoms with Gasteiger partial charge in [0.25, 0.3) is 0 Å². The lowest BCUT2D eigenvalue weighted by atomic mass is 9.93. The van der Waals surface area contributed by atoms with Crippen molar-refractivity contribution in [2.75, 3.05) is 13.7 Å². The highest BCUT2D eigenvalue weighted by Gasteiger charge is 2.18. The average Bonchev–Trinajstić information content (AvgIpc) is 2.53. The predicted octanol–water partition coefficient (Wildman–Crippen LogP) is 4.61. The number of nitrogens with one attached hydrogen (secondary N) is 1. The molecule has 0 bridgehead atoms. The Labute approximate surface area is 132 Å². The molecule has 0 saturated carbocycles. The molecule has 0 aromatic heterocycles. The summed E-state index contributed by atoms with van der Waals surface area (Å²) in [7, 11) is 1.65. The van der Waals surface area contributed by atoms with E-state index in [-0.39, 0.29) is 6.04 Å². The zero-order chi connectivity index (χ0) is 15.2. The second-order valence-corrected chi connectivity index (χ2v) is 5.34. The van der Waals surface area contributed by atoms with Crippen LogP contribution in [0.15, 0.2) is 42.5 Å². The predicted molar refractivity (Wildman–Crippen MR) is 89.3 cm³/mol. The van der Waals surface area contributed by atoms with Crippen molar-refractivity contribution >= 4 is 11.6 Å². The summed E-state index contributed by atoms with van der Waals surface area (Å²) in [5, 5.41) is 4.27. The third-order valence-corrected chi connectivity index (χ3v) is 4.00. The molecule has 2 nitrogen and oxygen atoms in total. The number of ether oxygens (including phenoxy) is 1. The molecule has 112 valence electrons. The summed E-state index contributed by atoms with van der Waals surface area (Å²) < 4.78 is 5.24. The number of rotatable bonds is 6. The summed E-state index contributed by atoms with van der Waals surface area (Å²) in [6, 6.07) is 14.5. The second kappa shape index (κ2) is 7.48. The van der Waals surface area contributed by atoms with Gasteiger partial charge in [-0.1, -0.05) is 55.8 Å². The number of halogens is 1. The van der Waals surface area contributed by atoms with E-state index >= 15 is 0 Å². The third kappa shape index (κ3) is 3.58. The zero-order valence-electron chi connectivity index (χ0n) is 12.8. The Hall–Kier alpha value is -1.51. The lowest BCUT2D eigenvalue weighted by Crippen LogP contribution is -2.23. The largest absolute Gasteiger partial charge is 0.497 e. The van der Waals surface area contributed by atoms with Gasteiger partial charge in [-0.25, -0.2) is 0 Å². The maximum atomic E-state index is 6.46. The number of aryl methyl sites for hydroxylation is 1. The van der Waals surface area contributed by atoms with Crippen molar-refractivity contribution in [3.63, 3.8) is 0 Å². The Morgan fingerprint density at radius 2 is 1.86 bits per heavy atom. The van der Waals surface area contributed by atoms with Crippen LogP contribution >= 0.6 is 11.6 Å². The third-order valence-electron chi connectivity index (χ3n) is 3.67. The van der Waals surface area contributed by atoms with Crippen LogP contribution < -0.4 is 10.1 Å². The van der Waals surface area contributed by atoms with Gasteiger partial charge in [-0.3, -0.25) is 0 Å². The summed E-state index contributed by atoms with van der Waals surface area (Å²) in [6.07, 6.45) is 1.01. The van der Waals surface area contributed by atoms with Gasteiger partial charge in [0, 0.05) is 5.02 Å². The van der Waals surface area contributed by atoms with Crippen molar-refractivity contribution in [1.82, 2.24) is 5.32 Å². The summed E-state index contributed by atoms with van der Waals surface area (Å²) in [5.41, 5.74) is 3.71. The van der Waals surface area contributed by atoms with E-state index in [1.807, 2.05) is 18.2 Å². The van der Waals surface area contributed by atoms with Crippen molar-refractivity contribution in [2.45, 2.75) is 26.3 Å². The fourth-order valence-electron chi connectivity index (χ4n) is 2.60. The Bertz CT molecular complexity index is 598. The van der Waals surface area contributed by atoms with Gasteiger partial charge < -0.3 is 10.1 Å². The molecule has 2 rings (SSSR count). The first kappa shape index (κ1) is 15.9. The Morgan fingerprint density at radius 1 is 1.10 bits per heavy atom. The van der Waals surface area contributed by atoms with E-state index in [4.69, 9.17) is 16.3 Å². The van der Waals surface area contributed by atoms with E-state index in [1.165, 1.54) is 11.1 Å². The summed E-state index contributed by atoms with van der Waals surface area (Å²) in [6.45, 7) is 5.17. The fourth-order valence-corrected chi connectivity index (χ4v) is 2.88. The SMILES string of the molecule is CCNC(c1ccc(OC)cc1Cl)c1ccccc1CC. The minimum Gasteiger partial charge on any atom is -0.497 e. The highest BCUT2D eigenvalue weighted by Crippen LogP contribution is 2.32. The van der Waals surface area contributed by atoms with Gasteiger partial charge in [-0.15, -0.1) is 0 Å². The van der Waals surface area contributed by atoms with Crippen molar-refractivity contribution in [1.29, 1.82) is 0 Å².